The van der Waals surface area contributed by atoms with E-state index in [2.05, 4.69) is 15.6 Å². The van der Waals surface area contributed by atoms with Crippen molar-refractivity contribution in [2.45, 2.75) is 52.0 Å². The zero-order valence-electron chi connectivity index (χ0n) is 15.9. The number of rotatable bonds is 7. The van der Waals surface area contributed by atoms with Gasteiger partial charge in [-0.15, -0.1) is 11.3 Å². The maximum absolute atomic E-state index is 12.7. The zero-order valence-corrected chi connectivity index (χ0v) is 16.7. The zero-order chi connectivity index (χ0) is 19.9. The Morgan fingerprint density at radius 3 is 2.52 bits per heavy atom. The first-order chi connectivity index (χ1) is 12.7. The summed E-state index contributed by atoms with van der Waals surface area (Å²) in [4.78, 5) is 28.9. The second kappa shape index (κ2) is 9.48. The Bertz CT molecular complexity index is 729. The van der Waals surface area contributed by atoms with Crippen LogP contribution < -0.4 is 10.6 Å². The van der Waals surface area contributed by atoms with Crippen LogP contribution in [0, 0.1) is 0 Å². The van der Waals surface area contributed by atoms with Crippen LogP contribution in [0.4, 0.5) is 9.93 Å². The van der Waals surface area contributed by atoms with Crippen LogP contribution in [0.5, 0.6) is 0 Å². The Morgan fingerprint density at radius 1 is 1.22 bits per heavy atom. The molecule has 0 aliphatic rings. The van der Waals surface area contributed by atoms with Crippen LogP contribution in [0.15, 0.2) is 41.9 Å². The summed E-state index contributed by atoms with van der Waals surface area (Å²) in [7, 11) is 0. The highest BCUT2D eigenvalue weighted by Gasteiger charge is 2.30. The summed E-state index contributed by atoms with van der Waals surface area (Å²) in [6, 6.07) is 8.66. The van der Waals surface area contributed by atoms with Crippen molar-refractivity contribution in [1.82, 2.24) is 10.3 Å². The van der Waals surface area contributed by atoms with E-state index >= 15 is 0 Å². The quantitative estimate of drug-likeness (QED) is 0.753. The lowest BCUT2D eigenvalue weighted by Gasteiger charge is -2.26. The van der Waals surface area contributed by atoms with Crippen LogP contribution >= 0.6 is 11.3 Å². The number of carbonyl (C=O) groups excluding carboxylic acids is 2. The second-order valence-electron chi connectivity index (χ2n) is 6.95. The summed E-state index contributed by atoms with van der Waals surface area (Å²) in [5.74, 6) is -0.420. The molecule has 1 heterocycles. The molecule has 2 N–H and O–H groups in total. The number of anilines is 1. The number of ether oxygens (including phenoxy) is 2. The molecule has 0 fully saturated rings. The van der Waals surface area contributed by atoms with E-state index < -0.39 is 29.7 Å². The summed E-state index contributed by atoms with van der Waals surface area (Å²) in [6.07, 6.45) is 0.320. The molecule has 0 spiro atoms. The van der Waals surface area contributed by atoms with E-state index in [1.807, 2.05) is 30.3 Å². The fourth-order valence-electron chi connectivity index (χ4n) is 2.20. The molecule has 0 aliphatic heterocycles. The van der Waals surface area contributed by atoms with Gasteiger partial charge < -0.3 is 20.1 Å². The van der Waals surface area contributed by atoms with Crippen molar-refractivity contribution in [3.05, 3.63) is 47.5 Å². The van der Waals surface area contributed by atoms with Gasteiger partial charge in [0, 0.05) is 11.6 Å². The topological polar surface area (TPSA) is 89.5 Å². The van der Waals surface area contributed by atoms with Gasteiger partial charge in [0.1, 0.15) is 11.6 Å². The lowest BCUT2D eigenvalue weighted by Crippen LogP contribution is -2.52. The van der Waals surface area contributed by atoms with Crippen molar-refractivity contribution >= 4 is 28.5 Å². The average molecular weight is 391 g/mol. The molecule has 0 radical (unpaired) electrons. The van der Waals surface area contributed by atoms with Crippen LogP contribution in [0.1, 0.15) is 33.3 Å². The highest BCUT2D eigenvalue weighted by molar-refractivity contribution is 7.13. The normalized spacial score (nSPS) is 13.5. The Labute approximate surface area is 163 Å². The molecule has 27 heavy (non-hydrogen) atoms. The largest absolute Gasteiger partial charge is 0.444 e. The van der Waals surface area contributed by atoms with E-state index in [1.165, 1.54) is 11.3 Å². The highest BCUT2D eigenvalue weighted by Crippen LogP contribution is 2.14. The predicted molar refractivity (Wildman–Crippen MR) is 105 cm³/mol. The van der Waals surface area contributed by atoms with Crippen molar-refractivity contribution < 1.29 is 19.1 Å². The Kier molecular flexibility index (Phi) is 7.32. The Hall–Kier alpha value is -2.45. The van der Waals surface area contributed by atoms with Crippen molar-refractivity contribution in [3.63, 3.8) is 0 Å². The summed E-state index contributed by atoms with van der Waals surface area (Å²) in [5.41, 5.74) is 0.301. The molecule has 7 nitrogen and oxygen atoms in total. The average Bonchev–Trinajstić information content (AvgIpc) is 3.10. The van der Waals surface area contributed by atoms with E-state index in [9.17, 15) is 9.59 Å². The van der Waals surface area contributed by atoms with Crippen molar-refractivity contribution in [2.24, 2.45) is 0 Å². The van der Waals surface area contributed by atoms with Crippen LogP contribution in [-0.4, -0.2) is 34.7 Å². The number of nitrogens with zero attached hydrogens (tertiary/aromatic N) is 1. The molecule has 0 saturated carbocycles. The standard InChI is InChI=1S/C19H25N3O4S/c1-13(25-12-14-8-6-5-7-9-14)15(21-18(24)26-19(2,3)4)16(23)22-17-20-10-11-27-17/h5-11,13,15H,12H2,1-4H3,(H,21,24)(H,20,22,23)/t13-,15-/m0/s1. The summed E-state index contributed by atoms with van der Waals surface area (Å²) >= 11 is 1.29. The molecule has 2 aromatic rings. The van der Waals surface area contributed by atoms with Crippen LogP contribution in [-0.2, 0) is 20.9 Å². The summed E-state index contributed by atoms with van der Waals surface area (Å²) in [5, 5.41) is 7.49. The van der Waals surface area contributed by atoms with E-state index in [1.54, 1.807) is 39.3 Å². The molecule has 2 atom stereocenters. The molecule has 0 saturated heterocycles. The van der Waals surface area contributed by atoms with E-state index in [-0.39, 0.29) is 0 Å². The lowest BCUT2D eigenvalue weighted by molar-refractivity contribution is -0.122. The summed E-state index contributed by atoms with van der Waals surface area (Å²) < 4.78 is 11.1. The third-order valence-corrected chi connectivity index (χ3v) is 4.13. The van der Waals surface area contributed by atoms with Gasteiger partial charge in [-0.3, -0.25) is 4.79 Å². The molecular weight excluding hydrogens is 366 g/mol. The number of hydrogen-bond acceptors (Lipinski definition) is 6. The van der Waals surface area contributed by atoms with Gasteiger partial charge in [0.15, 0.2) is 5.13 Å². The molecule has 2 amide bonds. The van der Waals surface area contributed by atoms with Gasteiger partial charge in [-0.2, -0.15) is 0 Å². The number of alkyl carbamates (subject to hydrolysis) is 1. The molecule has 0 aliphatic carbocycles. The number of amides is 2. The number of aromatic nitrogens is 1. The maximum Gasteiger partial charge on any atom is 0.408 e. The first-order valence-corrected chi connectivity index (χ1v) is 9.48. The Morgan fingerprint density at radius 2 is 1.93 bits per heavy atom. The van der Waals surface area contributed by atoms with Gasteiger partial charge in [0.25, 0.3) is 5.91 Å². The number of hydrogen-bond donors (Lipinski definition) is 2. The number of benzene rings is 1. The van der Waals surface area contributed by atoms with Gasteiger partial charge in [0.05, 0.1) is 12.7 Å². The van der Waals surface area contributed by atoms with Gasteiger partial charge in [-0.25, -0.2) is 9.78 Å². The second-order valence-corrected chi connectivity index (χ2v) is 7.85. The minimum Gasteiger partial charge on any atom is -0.444 e. The van der Waals surface area contributed by atoms with Crippen LogP contribution in [0.2, 0.25) is 0 Å². The minimum atomic E-state index is -0.938. The van der Waals surface area contributed by atoms with E-state index in [0.29, 0.717) is 11.7 Å². The molecule has 0 bridgehead atoms. The van der Waals surface area contributed by atoms with E-state index in [0.717, 1.165) is 5.56 Å². The van der Waals surface area contributed by atoms with Crippen molar-refractivity contribution in [2.75, 3.05) is 5.32 Å². The summed E-state index contributed by atoms with van der Waals surface area (Å²) in [6.45, 7) is 7.32. The lowest BCUT2D eigenvalue weighted by atomic mass is 10.1. The molecule has 146 valence electrons. The van der Waals surface area contributed by atoms with Crippen LogP contribution in [0.25, 0.3) is 0 Å². The molecule has 2 rings (SSSR count). The molecule has 1 aromatic carbocycles. The van der Waals surface area contributed by atoms with Crippen LogP contribution in [0.3, 0.4) is 0 Å². The fraction of sp³-hybridized carbons (Fsp3) is 0.421. The molecule has 8 heteroatoms. The first-order valence-electron chi connectivity index (χ1n) is 8.60. The smallest absolute Gasteiger partial charge is 0.408 e. The number of carbonyl (C=O) groups is 2. The minimum absolute atomic E-state index is 0.318. The van der Waals surface area contributed by atoms with Crippen molar-refractivity contribution in [3.8, 4) is 0 Å². The third-order valence-electron chi connectivity index (χ3n) is 3.44. The monoisotopic (exact) mass is 391 g/mol. The van der Waals surface area contributed by atoms with Crippen molar-refractivity contribution in [1.29, 1.82) is 0 Å². The third kappa shape index (κ3) is 7.36. The highest BCUT2D eigenvalue weighted by atomic mass is 32.1. The SMILES string of the molecule is C[C@H](OCc1ccccc1)[C@H](NC(=O)OC(C)(C)C)C(=O)Nc1nccs1. The molecular formula is C19H25N3O4S. The van der Waals surface area contributed by atoms with Gasteiger partial charge >= 0.3 is 6.09 Å². The molecule has 0 unspecified atom stereocenters. The molecule has 1 aromatic heterocycles. The number of nitrogens with one attached hydrogen (secondary N) is 2. The van der Waals surface area contributed by atoms with Gasteiger partial charge in [0.2, 0.25) is 0 Å². The van der Waals surface area contributed by atoms with E-state index in [4.69, 9.17) is 9.47 Å². The van der Waals surface area contributed by atoms with Gasteiger partial charge in [-0.1, -0.05) is 30.3 Å². The number of thiazole rings is 1. The fourth-order valence-corrected chi connectivity index (χ4v) is 2.73. The Balaban J connectivity index is 2.04. The predicted octanol–water partition coefficient (Wildman–Crippen LogP) is 3.58. The van der Waals surface area contributed by atoms with Gasteiger partial charge in [-0.05, 0) is 33.3 Å². The maximum atomic E-state index is 12.7. The first kappa shape index (κ1) is 20.9.